The Labute approximate surface area is 161 Å². The Morgan fingerprint density at radius 3 is 2.54 bits per heavy atom. The lowest BCUT2D eigenvalue weighted by Crippen LogP contribution is -2.26. The van der Waals surface area contributed by atoms with Crippen LogP contribution in [0.2, 0.25) is 0 Å². The van der Waals surface area contributed by atoms with E-state index in [1.807, 2.05) is 0 Å². The fraction of sp³-hybridized carbons (Fsp3) is 0.263. The molecule has 1 aliphatic carbocycles. The molecule has 0 atom stereocenters. The molecule has 0 spiro atoms. The summed E-state index contributed by atoms with van der Waals surface area (Å²) < 4.78 is 50.4. The predicted molar refractivity (Wildman–Crippen MR) is 97.4 cm³/mol. The van der Waals surface area contributed by atoms with Gasteiger partial charge >= 0.3 is 5.97 Å². The van der Waals surface area contributed by atoms with E-state index in [2.05, 4.69) is 4.72 Å². The van der Waals surface area contributed by atoms with Gasteiger partial charge < -0.3 is 9.47 Å². The molecule has 2 aromatic rings. The maximum Gasteiger partial charge on any atom is 0.338 e. The van der Waals surface area contributed by atoms with Crippen molar-refractivity contribution >= 4 is 21.8 Å². The highest BCUT2D eigenvalue weighted by Gasteiger charge is 2.28. The maximum atomic E-state index is 13.7. The van der Waals surface area contributed by atoms with Crippen molar-refractivity contribution in [2.45, 2.75) is 23.8 Å². The van der Waals surface area contributed by atoms with Crippen LogP contribution in [0.5, 0.6) is 5.75 Å². The third-order valence-corrected chi connectivity index (χ3v) is 5.61. The Hall–Kier alpha value is -2.78. The van der Waals surface area contributed by atoms with Gasteiger partial charge in [-0.1, -0.05) is 6.07 Å². The van der Waals surface area contributed by atoms with Crippen molar-refractivity contribution in [2.24, 2.45) is 0 Å². The first-order valence-electron chi connectivity index (χ1n) is 8.46. The summed E-state index contributed by atoms with van der Waals surface area (Å²) in [5.74, 6) is -2.17. The second kappa shape index (κ2) is 8.07. The van der Waals surface area contributed by atoms with Crippen molar-refractivity contribution in [1.29, 1.82) is 0 Å². The quantitative estimate of drug-likeness (QED) is 0.533. The predicted octanol–water partition coefficient (Wildman–Crippen LogP) is 2.31. The van der Waals surface area contributed by atoms with Crippen LogP contribution in [0.4, 0.5) is 4.39 Å². The lowest BCUT2D eigenvalue weighted by molar-refractivity contribution is 0.0474. The number of nitrogens with one attached hydrogen (secondary N) is 1. The van der Waals surface area contributed by atoms with E-state index in [1.165, 1.54) is 43.5 Å². The Kier molecular flexibility index (Phi) is 5.76. The van der Waals surface area contributed by atoms with E-state index in [0.717, 1.165) is 18.9 Å². The molecule has 7 nitrogen and oxygen atoms in total. The lowest BCUT2D eigenvalue weighted by atomic mass is 10.1. The molecule has 9 heteroatoms. The van der Waals surface area contributed by atoms with Gasteiger partial charge in [-0.15, -0.1) is 0 Å². The number of ketones is 1. The molecule has 3 rings (SSSR count). The fourth-order valence-electron chi connectivity index (χ4n) is 2.42. The summed E-state index contributed by atoms with van der Waals surface area (Å²) in [4.78, 5) is 24.2. The average Bonchev–Trinajstić information content (AvgIpc) is 3.49. The first kappa shape index (κ1) is 20.0. The third-order valence-electron chi connectivity index (χ3n) is 4.09. The van der Waals surface area contributed by atoms with E-state index in [9.17, 15) is 22.4 Å². The van der Waals surface area contributed by atoms with Crippen LogP contribution < -0.4 is 9.46 Å². The fourth-order valence-corrected chi connectivity index (χ4v) is 3.77. The van der Waals surface area contributed by atoms with Gasteiger partial charge in [-0.25, -0.2) is 22.3 Å². The van der Waals surface area contributed by atoms with Crippen LogP contribution in [-0.2, 0) is 14.8 Å². The van der Waals surface area contributed by atoms with Gasteiger partial charge in [-0.3, -0.25) is 4.79 Å². The van der Waals surface area contributed by atoms with Gasteiger partial charge in [0.2, 0.25) is 10.0 Å². The largest absolute Gasteiger partial charge is 0.494 e. The Bertz CT molecular complexity index is 1020. The van der Waals surface area contributed by atoms with Crippen LogP contribution in [0.3, 0.4) is 0 Å². The summed E-state index contributed by atoms with van der Waals surface area (Å²) in [5.41, 5.74) is 0.0171. The van der Waals surface area contributed by atoms with Gasteiger partial charge in [0.25, 0.3) is 0 Å². The number of sulfonamides is 1. The van der Waals surface area contributed by atoms with Crippen LogP contribution in [0.25, 0.3) is 0 Å². The molecule has 0 heterocycles. The molecule has 1 N–H and O–H groups in total. The molecule has 1 saturated carbocycles. The molecule has 0 aliphatic heterocycles. The van der Waals surface area contributed by atoms with E-state index >= 15 is 0 Å². The first-order valence-corrected chi connectivity index (χ1v) is 9.95. The van der Waals surface area contributed by atoms with Gasteiger partial charge in [-0.2, -0.15) is 0 Å². The SMILES string of the molecule is COc1ccc(C(=O)COC(=O)c2cccc(S(=O)(=O)NC3CC3)c2)cc1F. The summed E-state index contributed by atoms with van der Waals surface area (Å²) >= 11 is 0. The average molecular weight is 407 g/mol. The molecule has 0 aromatic heterocycles. The van der Waals surface area contributed by atoms with E-state index in [1.54, 1.807) is 0 Å². The maximum absolute atomic E-state index is 13.7. The highest BCUT2D eigenvalue weighted by molar-refractivity contribution is 7.89. The molecule has 0 unspecified atom stereocenters. The molecule has 148 valence electrons. The smallest absolute Gasteiger partial charge is 0.338 e. The number of benzene rings is 2. The van der Waals surface area contributed by atoms with Crippen molar-refractivity contribution in [2.75, 3.05) is 13.7 Å². The molecule has 2 aromatic carbocycles. The summed E-state index contributed by atoms with van der Waals surface area (Å²) in [7, 11) is -2.42. The Morgan fingerprint density at radius 1 is 1.14 bits per heavy atom. The minimum absolute atomic E-state index is 0.00705. The Balaban J connectivity index is 1.65. The van der Waals surface area contributed by atoms with Crippen LogP contribution in [0.15, 0.2) is 47.4 Å². The Morgan fingerprint density at radius 2 is 1.89 bits per heavy atom. The van der Waals surface area contributed by atoms with Gasteiger partial charge in [-0.05, 0) is 49.2 Å². The molecule has 0 radical (unpaired) electrons. The molecule has 0 amide bonds. The number of hydrogen-bond donors (Lipinski definition) is 1. The molecule has 1 aliphatic rings. The summed E-state index contributed by atoms with van der Waals surface area (Å²) in [6, 6.07) is 8.93. The number of esters is 1. The number of Topliss-reactive ketones (excluding diaryl/α,β-unsaturated/α-hetero) is 1. The number of halogens is 1. The molecule has 1 fully saturated rings. The standard InChI is InChI=1S/C19H18FNO6S/c1-26-18-8-5-12(10-16(18)20)17(22)11-27-19(23)13-3-2-4-15(9-13)28(24,25)21-14-6-7-14/h2-5,8-10,14,21H,6-7,11H2,1H3. The lowest BCUT2D eigenvalue weighted by Gasteiger charge is -2.08. The number of ether oxygens (including phenoxy) is 2. The van der Waals surface area contributed by atoms with Crippen molar-refractivity contribution < 1.29 is 31.9 Å². The van der Waals surface area contributed by atoms with Crippen LogP contribution in [0, 0.1) is 5.82 Å². The topological polar surface area (TPSA) is 98.8 Å². The molecular weight excluding hydrogens is 389 g/mol. The van der Waals surface area contributed by atoms with Crippen molar-refractivity contribution in [3.8, 4) is 5.75 Å². The van der Waals surface area contributed by atoms with Crippen LogP contribution in [0.1, 0.15) is 33.6 Å². The summed E-state index contributed by atoms with van der Waals surface area (Å²) in [5, 5.41) is 0. The normalized spacial score (nSPS) is 13.8. The number of carbonyl (C=O) groups is 2. The third kappa shape index (κ3) is 4.73. The van der Waals surface area contributed by atoms with E-state index in [-0.39, 0.29) is 27.8 Å². The minimum atomic E-state index is -3.72. The minimum Gasteiger partial charge on any atom is -0.494 e. The zero-order chi connectivity index (χ0) is 20.3. The zero-order valence-corrected chi connectivity index (χ0v) is 15.8. The van der Waals surface area contributed by atoms with E-state index in [0.29, 0.717) is 0 Å². The van der Waals surface area contributed by atoms with Crippen molar-refractivity contribution in [3.63, 3.8) is 0 Å². The highest BCUT2D eigenvalue weighted by atomic mass is 32.2. The van der Waals surface area contributed by atoms with E-state index in [4.69, 9.17) is 9.47 Å². The zero-order valence-electron chi connectivity index (χ0n) is 15.0. The molecule has 0 saturated heterocycles. The monoisotopic (exact) mass is 407 g/mol. The second-order valence-corrected chi connectivity index (χ2v) is 7.99. The summed E-state index contributed by atoms with van der Waals surface area (Å²) in [6.45, 7) is -0.609. The molecule has 0 bridgehead atoms. The number of carbonyl (C=O) groups excluding carboxylic acids is 2. The van der Waals surface area contributed by atoms with Gasteiger partial charge in [0.05, 0.1) is 17.6 Å². The van der Waals surface area contributed by atoms with E-state index < -0.39 is 34.2 Å². The highest BCUT2D eigenvalue weighted by Crippen LogP contribution is 2.23. The van der Waals surface area contributed by atoms with Crippen molar-refractivity contribution in [3.05, 3.63) is 59.4 Å². The number of methoxy groups -OCH3 is 1. The van der Waals surface area contributed by atoms with Crippen LogP contribution in [-0.4, -0.2) is 39.9 Å². The van der Waals surface area contributed by atoms with Gasteiger partial charge in [0.15, 0.2) is 24.0 Å². The number of rotatable bonds is 8. The van der Waals surface area contributed by atoms with Gasteiger partial charge in [0, 0.05) is 11.6 Å². The molecule has 28 heavy (non-hydrogen) atoms. The van der Waals surface area contributed by atoms with Crippen LogP contribution >= 0.6 is 0 Å². The summed E-state index contributed by atoms with van der Waals surface area (Å²) in [6.07, 6.45) is 1.57. The van der Waals surface area contributed by atoms with Crippen molar-refractivity contribution in [1.82, 2.24) is 4.72 Å². The molecular formula is C19H18FNO6S. The van der Waals surface area contributed by atoms with Gasteiger partial charge in [0.1, 0.15) is 0 Å². The number of hydrogen-bond acceptors (Lipinski definition) is 6. The first-order chi connectivity index (χ1) is 13.3. The second-order valence-electron chi connectivity index (χ2n) is 6.27.